The maximum atomic E-state index is 13.6. The van der Waals surface area contributed by atoms with Crippen LogP contribution in [0.1, 0.15) is 264 Å². The first-order valence-electron chi connectivity index (χ1n) is 46.5. The van der Waals surface area contributed by atoms with Crippen molar-refractivity contribution in [2.75, 3.05) is 19.8 Å². The number of rotatable bonds is 2. The van der Waals surface area contributed by atoms with Crippen molar-refractivity contribution in [2.45, 2.75) is 298 Å². The van der Waals surface area contributed by atoms with Crippen molar-refractivity contribution >= 4 is 22.4 Å². The van der Waals surface area contributed by atoms with E-state index in [1.807, 2.05) is 58.0 Å². The molecule has 140 heavy (non-hydrogen) atoms. The Morgan fingerprint density at radius 2 is 0.664 bits per heavy atom. The number of allylic oxidation sites excluding steroid dienone is 4. The van der Waals surface area contributed by atoms with Gasteiger partial charge in [0.2, 0.25) is 5.82 Å². The maximum absolute atomic E-state index is 13.6. The van der Waals surface area contributed by atoms with Crippen molar-refractivity contribution < 1.29 is 226 Å². The van der Waals surface area contributed by atoms with Crippen LogP contribution >= 0.6 is 11.6 Å². The molecule has 0 radical (unpaired) electrons. The molecule has 0 spiro atoms. The third kappa shape index (κ3) is 54.7. The van der Waals surface area contributed by atoms with Gasteiger partial charge in [-0.2, -0.15) is 4.39 Å². The van der Waals surface area contributed by atoms with Crippen molar-refractivity contribution in [1.82, 2.24) is 0 Å². The van der Waals surface area contributed by atoms with Gasteiger partial charge < -0.3 is 18.9 Å². The molecule has 3 aliphatic heterocycles. The Balaban J connectivity index is -0.000000470. The van der Waals surface area contributed by atoms with Gasteiger partial charge >= 0.3 is 0 Å². The molecular formula is C121H165ClF10Nd4O4. The third-order valence-corrected chi connectivity index (χ3v) is 23.9. The van der Waals surface area contributed by atoms with Crippen molar-refractivity contribution in [3.05, 3.63) is 360 Å². The van der Waals surface area contributed by atoms with Crippen LogP contribution < -0.4 is 4.74 Å². The van der Waals surface area contributed by atoms with Crippen LogP contribution in [0.2, 0.25) is 5.02 Å². The van der Waals surface area contributed by atoms with Gasteiger partial charge in [0.05, 0.1) is 41.7 Å². The van der Waals surface area contributed by atoms with Gasteiger partial charge in [-0.25, -0.2) is 39.5 Å². The normalized spacial score (nSPS) is 17.8. The molecular weight excluding hydrogens is 2320 g/mol. The minimum atomic E-state index is -1.11. The van der Waals surface area contributed by atoms with E-state index in [0.29, 0.717) is 63.1 Å². The summed E-state index contributed by atoms with van der Waals surface area (Å²) in [5, 5.41) is 0.354. The second kappa shape index (κ2) is 78.1. The van der Waals surface area contributed by atoms with Gasteiger partial charge in [0.25, 0.3) is 0 Å². The fourth-order valence-electron chi connectivity index (χ4n) is 14.1. The topological polar surface area (TPSA) is 36.9 Å². The summed E-state index contributed by atoms with van der Waals surface area (Å²) in [6.45, 7) is 45.2. The van der Waals surface area contributed by atoms with E-state index in [-0.39, 0.29) is 252 Å². The molecule has 0 bridgehead atoms. The summed E-state index contributed by atoms with van der Waals surface area (Å²) in [7, 11) is 0. The van der Waals surface area contributed by atoms with Gasteiger partial charge in [0.1, 0.15) is 17.5 Å². The summed E-state index contributed by atoms with van der Waals surface area (Å²) in [6, 6.07) is 68.2. The molecule has 5 atom stereocenters. The Morgan fingerprint density at radius 1 is 0.293 bits per heavy atom. The molecule has 5 unspecified atom stereocenters. The Labute approximate surface area is 977 Å². The van der Waals surface area contributed by atoms with E-state index in [1.165, 1.54) is 137 Å². The molecule has 3 heterocycles. The van der Waals surface area contributed by atoms with E-state index in [9.17, 15) is 43.9 Å². The Bertz CT molecular complexity index is 4880. The molecule has 3 aliphatic carbocycles. The van der Waals surface area contributed by atoms with E-state index in [1.54, 1.807) is 81.8 Å². The number of hydrogen-bond acceptors (Lipinski definition) is 4. The van der Waals surface area contributed by atoms with Crippen LogP contribution in [0.15, 0.2) is 235 Å². The van der Waals surface area contributed by atoms with Gasteiger partial charge in [-0.1, -0.05) is 333 Å². The molecule has 1 saturated carbocycles. The van der Waals surface area contributed by atoms with Crippen LogP contribution in [-0.4, -0.2) is 38.3 Å². The van der Waals surface area contributed by atoms with Crippen molar-refractivity contribution in [1.29, 1.82) is 0 Å². The number of fused-ring (bicyclic) bond motifs is 2. The second-order valence-electron chi connectivity index (χ2n) is 36.4. The maximum Gasteiger partial charge on any atom is 0.201 e. The molecule has 11 aromatic carbocycles. The molecule has 19 heteroatoms. The van der Waals surface area contributed by atoms with Crippen LogP contribution in [0.3, 0.4) is 0 Å². The van der Waals surface area contributed by atoms with Gasteiger partial charge in [0, 0.05) is 182 Å². The summed E-state index contributed by atoms with van der Waals surface area (Å²) in [5.41, 5.74) is 15.7. The molecule has 766 valence electrons. The van der Waals surface area contributed by atoms with E-state index < -0.39 is 40.7 Å². The van der Waals surface area contributed by atoms with Crippen molar-refractivity contribution in [2.24, 2.45) is 35.5 Å². The minimum absolute atomic E-state index is 0. The average Bonchev–Trinajstić information content (AvgIpc) is 0.774. The molecule has 0 N–H and O–H groups in total. The van der Waals surface area contributed by atoms with Gasteiger partial charge in [-0.3, -0.25) is 0 Å². The zero-order chi connectivity index (χ0) is 97.0. The zero-order valence-corrected chi connectivity index (χ0v) is 97.4. The summed E-state index contributed by atoms with van der Waals surface area (Å²) >= 11 is 5.61. The molecule has 17 rings (SSSR count). The standard InChI is InChI=1S/C12H9F3.2C12H10.C11H12F2O.C8H8ClF.C8H8F2.C8H13F.C8H9F.C8H16.C8H14.C8H10.C7H14O.C6H12O2.5CH4.4Nd/c1-6-3-4-8-5-7(2)11(14)12(15)9(8)10(6)13;2*1-3-7-11(8-4-1)12-9-5-2-6-10-12;1-6-5-8-4-3-7(2)14-11(8)10(13)9(6)12;2*1-5-3-4-6(2)8(10)7(5)9;2*1-6-3-4-7(2)8(9)5-6;3*1-7-3-5-8(2)6-4-7;1-6-3-4-7(2)8-5-6;1-5-3-7-6(2)8-4-5;;;;;;;;;/h3-5H,1-2H3;2*1-10H;5,7H,3-4H2,1-2H3;2*3-4H,1-2H3;6H,3-5H2,1-2H3;3-5H,1-2H3;7-8H,3-6H2,1-2H3;3,8H,4-6H2,1-2H3;3-6H,1-2H3;6-7H,3-5H2,1-2H3;5-6H,3-4H2,1-2H3;5*1H4;;;;. The summed E-state index contributed by atoms with van der Waals surface area (Å²) in [4.78, 5) is 0. The number of benzene rings is 11. The van der Waals surface area contributed by atoms with Crippen LogP contribution in [-0.2, 0) is 20.6 Å². The molecule has 0 aromatic heterocycles. The van der Waals surface area contributed by atoms with Crippen LogP contribution in [0, 0.1) is 327 Å². The Morgan fingerprint density at radius 3 is 1.04 bits per heavy atom. The minimum Gasteiger partial charge on any atom is -0.487 e. The molecule has 4 nitrogen and oxygen atoms in total. The Kier molecular flexibility index (Phi) is 80.5. The fraction of sp³-hybridized carbons (Fsp3) is 0.438. The van der Waals surface area contributed by atoms with E-state index in [0.717, 1.165) is 85.0 Å². The van der Waals surface area contributed by atoms with Crippen molar-refractivity contribution in [3.8, 4) is 28.0 Å². The van der Waals surface area contributed by atoms with E-state index >= 15 is 0 Å². The predicted octanol–water partition coefficient (Wildman–Crippen LogP) is 38.6. The number of halogens is 11. The first-order chi connectivity index (χ1) is 62.1. The summed E-state index contributed by atoms with van der Waals surface area (Å²) < 4.78 is 151. The first kappa shape index (κ1) is 144. The first-order valence-corrected chi connectivity index (χ1v) is 46.8. The molecule has 3 fully saturated rings. The summed E-state index contributed by atoms with van der Waals surface area (Å²) in [5.74, 6) is -1.15. The third-order valence-electron chi connectivity index (χ3n) is 23.5. The van der Waals surface area contributed by atoms with Crippen LogP contribution in [0.4, 0.5) is 43.9 Å². The van der Waals surface area contributed by atoms with Crippen LogP contribution in [0.5, 0.6) is 5.75 Å². The number of hydrogen-bond donors (Lipinski definition) is 0. The van der Waals surface area contributed by atoms with E-state index in [2.05, 4.69) is 197 Å². The van der Waals surface area contributed by atoms with E-state index in [4.69, 9.17) is 30.5 Å². The van der Waals surface area contributed by atoms with Gasteiger partial charge in [-0.05, 0) is 305 Å². The number of aryl methyl sites for hydroxylation is 12. The SMILES string of the molecule is C.C.C.C.C.CC1=C(F)CC(C)CC1.CC1=CCC(C)CC1.CC1CCC(C)CC1.CC1CCC(C)OC1.CC1COC(C)OC1.Cc1cc2c(c(F)c1F)OC(C)CC2.Cc1cc2ccc(C)c(F)c2c(F)c1F.Cc1ccc(C)c(Cl)c1F.Cc1ccc(C)c(F)c1.Cc1ccc(C)c(F)c1F.Cc1ccc(C)cc1.[Nd].[Nd].[Nd].[Nd].c1ccc(-c2ccccc2)cc1.c1ccc(-c2ccccc2)cc1. The Hall–Kier alpha value is -4.17. The van der Waals surface area contributed by atoms with Gasteiger partial charge in [-0.15, -0.1) is 0 Å². The molecule has 0 amide bonds. The molecule has 6 aliphatic rings. The average molecular weight is 2490 g/mol. The quantitative estimate of drug-likeness (QED) is 0.128. The smallest absolute Gasteiger partial charge is 0.201 e. The predicted molar refractivity (Wildman–Crippen MR) is 563 cm³/mol. The zero-order valence-electron chi connectivity index (χ0n) is 83.8. The fourth-order valence-corrected chi connectivity index (χ4v) is 14.3. The summed E-state index contributed by atoms with van der Waals surface area (Å²) in [6.07, 6.45) is 19.8. The second-order valence-corrected chi connectivity index (χ2v) is 36.8. The molecule has 2 saturated heterocycles. The largest absolute Gasteiger partial charge is 0.487 e. The molecule has 11 aromatic rings. The van der Waals surface area contributed by atoms with Crippen molar-refractivity contribution in [3.63, 3.8) is 0 Å². The van der Waals surface area contributed by atoms with Gasteiger partial charge in [0.15, 0.2) is 41.1 Å². The number of ether oxygens (including phenoxy) is 4. The monoisotopic (exact) mass is 2470 g/mol. The van der Waals surface area contributed by atoms with Crippen LogP contribution in [0.25, 0.3) is 33.0 Å².